The van der Waals surface area contributed by atoms with Crippen molar-refractivity contribution in [1.82, 2.24) is 4.98 Å². The second-order valence-corrected chi connectivity index (χ2v) is 4.74. The topological polar surface area (TPSA) is 50.2 Å². The average Bonchev–Trinajstić information content (AvgIpc) is 2.61. The quantitative estimate of drug-likeness (QED) is 0.908. The van der Waals surface area contributed by atoms with E-state index >= 15 is 0 Å². The Hall–Kier alpha value is -1.46. The molecule has 0 atom stereocenters. The lowest BCUT2D eigenvalue weighted by Crippen LogP contribution is -1.93. The summed E-state index contributed by atoms with van der Waals surface area (Å²) in [5.41, 5.74) is 0.663. The van der Waals surface area contributed by atoms with Crippen LogP contribution in [0.5, 0.6) is 0 Å². The molecule has 0 aliphatic carbocycles. The minimum absolute atomic E-state index is 0.0724. The maximum absolute atomic E-state index is 13.7. The number of hydrogen-bond donors (Lipinski definition) is 1. The molecule has 17 heavy (non-hydrogen) atoms. The molecule has 0 fully saturated rings. The zero-order valence-corrected chi connectivity index (χ0v) is 10.3. The molecule has 0 saturated heterocycles. The molecule has 2 rings (SSSR count). The Labute approximate surface area is 106 Å². The van der Waals surface area contributed by atoms with Crippen LogP contribution in [0.25, 0.3) is 10.4 Å². The Bertz CT molecular complexity index is 577. The molecule has 0 aliphatic heterocycles. The molecule has 1 aromatic heterocycles. The zero-order valence-electron chi connectivity index (χ0n) is 8.70. The van der Waals surface area contributed by atoms with Gasteiger partial charge in [-0.15, -0.1) is 11.3 Å². The van der Waals surface area contributed by atoms with Gasteiger partial charge in [0.25, 0.3) is 0 Å². The number of carboxylic acid groups (broad SMARTS) is 1. The molecule has 6 heteroatoms. The van der Waals surface area contributed by atoms with Gasteiger partial charge in [0.15, 0.2) is 0 Å². The Morgan fingerprint density at radius 3 is 2.76 bits per heavy atom. The van der Waals surface area contributed by atoms with E-state index in [9.17, 15) is 9.18 Å². The normalized spacial score (nSPS) is 10.5. The fourth-order valence-electron chi connectivity index (χ4n) is 1.43. The fraction of sp³-hybridized carbons (Fsp3) is 0.0909. The van der Waals surface area contributed by atoms with Gasteiger partial charge in [-0.1, -0.05) is 17.7 Å². The Morgan fingerprint density at radius 1 is 1.53 bits per heavy atom. The third-order valence-electron chi connectivity index (χ3n) is 2.17. The van der Waals surface area contributed by atoms with E-state index in [1.54, 1.807) is 13.0 Å². The lowest BCUT2D eigenvalue weighted by Gasteiger charge is -2.03. The third-order valence-corrected chi connectivity index (χ3v) is 3.65. The molecule has 1 aromatic carbocycles. The van der Waals surface area contributed by atoms with Gasteiger partial charge in [0.2, 0.25) is 5.01 Å². The number of thiazole rings is 1. The molecule has 2 aromatic rings. The number of aromatic nitrogens is 1. The summed E-state index contributed by atoms with van der Waals surface area (Å²) in [6, 6.07) is 4.33. The molecule has 1 N–H and O–H groups in total. The van der Waals surface area contributed by atoms with Crippen LogP contribution in [0.2, 0.25) is 5.02 Å². The highest BCUT2D eigenvalue weighted by molar-refractivity contribution is 7.17. The number of rotatable bonds is 2. The second-order valence-electron chi connectivity index (χ2n) is 3.34. The molecular weight excluding hydrogens is 265 g/mol. The number of hydrogen-bond acceptors (Lipinski definition) is 3. The minimum atomic E-state index is -1.13. The molecule has 0 saturated carbocycles. The summed E-state index contributed by atoms with van der Waals surface area (Å²) in [5.74, 6) is -1.61. The first-order valence-corrected chi connectivity index (χ1v) is 5.85. The second kappa shape index (κ2) is 4.43. The van der Waals surface area contributed by atoms with Crippen molar-refractivity contribution in [3.63, 3.8) is 0 Å². The van der Waals surface area contributed by atoms with Crippen LogP contribution in [0, 0.1) is 12.7 Å². The van der Waals surface area contributed by atoms with E-state index in [1.165, 1.54) is 12.1 Å². The number of halogens is 2. The molecular formula is C11H7ClFNO2S. The van der Waals surface area contributed by atoms with Gasteiger partial charge in [-0.05, 0) is 19.1 Å². The van der Waals surface area contributed by atoms with Gasteiger partial charge in [-0.2, -0.15) is 0 Å². The van der Waals surface area contributed by atoms with Crippen molar-refractivity contribution in [2.45, 2.75) is 6.92 Å². The van der Waals surface area contributed by atoms with E-state index in [0.29, 0.717) is 10.6 Å². The lowest BCUT2D eigenvalue weighted by atomic mass is 10.1. The molecule has 0 bridgehead atoms. The van der Waals surface area contributed by atoms with Crippen LogP contribution >= 0.6 is 22.9 Å². The highest BCUT2D eigenvalue weighted by Crippen LogP contribution is 2.36. The van der Waals surface area contributed by atoms with E-state index in [4.69, 9.17) is 16.7 Å². The van der Waals surface area contributed by atoms with Crippen LogP contribution < -0.4 is 0 Å². The Morgan fingerprint density at radius 2 is 2.24 bits per heavy atom. The molecule has 0 unspecified atom stereocenters. The molecule has 88 valence electrons. The van der Waals surface area contributed by atoms with Gasteiger partial charge in [-0.25, -0.2) is 14.2 Å². The Kier molecular flexibility index (Phi) is 3.13. The van der Waals surface area contributed by atoms with Gasteiger partial charge < -0.3 is 5.11 Å². The number of benzene rings is 1. The molecule has 0 amide bonds. The molecule has 1 heterocycles. The van der Waals surface area contributed by atoms with Crippen molar-refractivity contribution in [2.75, 3.05) is 0 Å². The predicted octanol–water partition coefficient (Wildman–Crippen LogP) is 3.61. The maximum atomic E-state index is 13.7. The summed E-state index contributed by atoms with van der Waals surface area (Å²) in [7, 11) is 0. The molecule has 3 nitrogen and oxygen atoms in total. The van der Waals surface area contributed by atoms with Crippen molar-refractivity contribution in [2.24, 2.45) is 0 Å². The van der Waals surface area contributed by atoms with Crippen molar-refractivity contribution in [3.8, 4) is 10.4 Å². The number of nitrogens with zero attached hydrogens (tertiary/aromatic N) is 1. The highest BCUT2D eigenvalue weighted by atomic mass is 35.5. The third kappa shape index (κ3) is 2.16. The zero-order chi connectivity index (χ0) is 12.6. The van der Waals surface area contributed by atoms with Crippen LogP contribution in [0.1, 0.15) is 15.5 Å². The number of carboxylic acids is 1. The van der Waals surface area contributed by atoms with Crippen molar-refractivity contribution < 1.29 is 14.3 Å². The standard InChI is InChI=1S/C11H7ClFNO2S/c1-5-9(17-10(14-5)11(15)16)8-6(12)3-2-4-7(8)13/h2-4H,1H3,(H,15,16). The van der Waals surface area contributed by atoms with Gasteiger partial charge in [0.05, 0.1) is 15.6 Å². The number of carbonyl (C=O) groups is 1. The van der Waals surface area contributed by atoms with Crippen molar-refractivity contribution in [1.29, 1.82) is 0 Å². The van der Waals surface area contributed by atoms with E-state index in [2.05, 4.69) is 4.98 Å². The minimum Gasteiger partial charge on any atom is -0.476 e. The van der Waals surface area contributed by atoms with Crippen LogP contribution in [-0.2, 0) is 0 Å². The van der Waals surface area contributed by atoms with Gasteiger partial charge in [0, 0.05) is 5.56 Å². The first-order chi connectivity index (χ1) is 8.00. The summed E-state index contributed by atoms with van der Waals surface area (Å²) >= 11 is 6.83. The van der Waals surface area contributed by atoms with Gasteiger partial charge >= 0.3 is 5.97 Å². The fourth-order valence-corrected chi connectivity index (χ4v) is 2.71. The summed E-state index contributed by atoms with van der Waals surface area (Å²) in [4.78, 5) is 15.1. The highest BCUT2D eigenvalue weighted by Gasteiger charge is 2.19. The Balaban J connectivity index is 2.64. The smallest absolute Gasteiger partial charge is 0.365 e. The van der Waals surface area contributed by atoms with Crippen molar-refractivity contribution >= 4 is 28.9 Å². The van der Waals surface area contributed by atoms with Gasteiger partial charge in [-0.3, -0.25) is 0 Å². The summed E-state index contributed by atoms with van der Waals surface area (Å²) in [5, 5.41) is 9.00. The summed E-state index contributed by atoms with van der Waals surface area (Å²) < 4.78 is 13.7. The monoisotopic (exact) mass is 271 g/mol. The van der Waals surface area contributed by atoms with Crippen molar-refractivity contribution in [3.05, 3.63) is 39.7 Å². The van der Waals surface area contributed by atoms with Crippen LogP contribution in [0.15, 0.2) is 18.2 Å². The first kappa shape index (κ1) is 12.0. The van der Waals surface area contributed by atoms with Crippen LogP contribution in [-0.4, -0.2) is 16.1 Å². The first-order valence-electron chi connectivity index (χ1n) is 4.66. The number of aryl methyl sites for hydroxylation is 1. The summed E-state index contributed by atoms with van der Waals surface area (Å²) in [6.45, 7) is 1.63. The van der Waals surface area contributed by atoms with Crippen LogP contribution in [0.4, 0.5) is 4.39 Å². The average molecular weight is 272 g/mol. The lowest BCUT2D eigenvalue weighted by molar-refractivity contribution is 0.0696. The van der Waals surface area contributed by atoms with Crippen LogP contribution in [0.3, 0.4) is 0 Å². The molecule has 0 radical (unpaired) electrons. The molecule has 0 aliphatic rings. The molecule has 0 spiro atoms. The van der Waals surface area contributed by atoms with E-state index in [1.807, 2.05) is 0 Å². The van der Waals surface area contributed by atoms with Gasteiger partial charge in [0.1, 0.15) is 5.82 Å². The van der Waals surface area contributed by atoms with E-state index < -0.39 is 11.8 Å². The predicted molar refractivity (Wildman–Crippen MR) is 64.2 cm³/mol. The summed E-state index contributed by atoms with van der Waals surface area (Å²) in [6.07, 6.45) is 0. The van der Waals surface area contributed by atoms with E-state index in [0.717, 1.165) is 11.3 Å². The maximum Gasteiger partial charge on any atom is 0.365 e. The van der Waals surface area contributed by atoms with E-state index in [-0.39, 0.29) is 15.6 Å². The number of aromatic carboxylic acids is 1. The SMILES string of the molecule is Cc1nc(C(=O)O)sc1-c1c(F)cccc1Cl. The largest absolute Gasteiger partial charge is 0.476 e.